The van der Waals surface area contributed by atoms with Crippen molar-refractivity contribution in [3.05, 3.63) is 243 Å². The van der Waals surface area contributed by atoms with Gasteiger partial charge >= 0.3 is 0 Å². The van der Waals surface area contributed by atoms with Gasteiger partial charge in [-0.15, -0.1) is 11.3 Å². The highest BCUT2D eigenvalue weighted by molar-refractivity contribution is 7.26. The predicted octanol–water partition coefficient (Wildman–Crippen LogP) is 17.9. The zero-order valence-electron chi connectivity index (χ0n) is 35.4. The van der Waals surface area contributed by atoms with Gasteiger partial charge in [-0.2, -0.15) is 0 Å². The van der Waals surface area contributed by atoms with E-state index < -0.39 is 0 Å². The van der Waals surface area contributed by atoms with Crippen LogP contribution in [0.4, 0.5) is 17.1 Å². The molecular formula is C62H40N2S. The van der Waals surface area contributed by atoms with Gasteiger partial charge in [-0.3, -0.25) is 0 Å². The molecule has 3 heteroatoms. The molecule has 0 fully saturated rings. The van der Waals surface area contributed by atoms with E-state index in [2.05, 4.69) is 252 Å². The molecule has 2 heterocycles. The number of anilines is 3. The van der Waals surface area contributed by atoms with Crippen molar-refractivity contribution in [1.29, 1.82) is 0 Å². The van der Waals surface area contributed by atoms with Crippen LogP contribution in [0, 0.1) is 0 Å². The average Bonchev–Trinajstić information content (AvgIpc) is 3.93. The normalized spacial score (nSPS) is 11.7. The van der Waals surface area contributed by atoms with Crippen LogP contribution >= 0.6 is 11.3 Å². The molecule has 2 nitrogen and oxygen atoms in total. The summed E-state index contributed by atoms with van der Waals surface area (Å²) in [7, 11) is 0. The van der Waals surface area contributed by atoms with Crippen molar-refractivity contribution in [2.75, 3.05) is 4.90 Å². The van der Waals surface area contributed by atoms with E-state index in [-0.39, 0.29) is 0 Å². The van der Waals surface area contributed by atoms with Crippen molar-refractivity contribution in [2.45, 2.75) is 0 Å². The van der Waals surface area contributed by atoms with E-state index in [1.165, 1.54) is 103 Å². The zero-order chi connectivity index (χ0) is 42.8. The SMILES string of the molecule is c1ccc(-c2ccc(N(c3ccc(-c4cccc(-c5ccc6sc7c(ccc8ccc9c%10ccccc%10n(-c%10ccccc%10)c9c87)c6c5)c4)cc3)c3ccc4ccccc4c3)cc2)cc1. The summed E-state index contributed by atoms with van der Waals surface area (Å²) in [5, 5.41) is 10.2. The molecule has 0 spiro atoms. The van der Waals surface area contributed by atoms with Crippen molar-refractivity contribution in [1.82, 2.24) is 4.57 Å². The standard InChI is InChI=1S/C62H40N2S/c1-3-12-41(13-4-1)43-22-30-51(31-23-43)63(53-34-26-42-14-7-8-15-48(42)39-53)52-32-24-44(25-33-52)46-16-11-17-47(38-46)49-29-37-59-57(40-49)56-36-28-45-27-35-55-54-20-9-10-21-58(54)64(50-18-5-2-6-19-50)61(55)60(45)62(56)65-59/h1-40H. The molecule has 0 unspecified atom stereocenters. The molecule has 0 aliphatic carbocycles. The number of rotatable bonds is 7. The number of aromatic nitrogens is 1. The predicted molar refractivity (Wildman–Crippen MR) is 280 cm³/mol. The summed E-state index contributed by atoms with van der Waals surface area (Å²) in [6.45, 7) is 0. The zero-order valence-corrected chi connectivity index (χ0v) is 36.2. The summed E-state index contributed by atoms with van der Waals surface area (Å²) >= 11 is 1.91. The smallest absolute Gasteiger partial charge is 0.0633 e. The summed E-state index contributed by atoms with van der Waals surface area (Å²) in [4.78, 5) is 2.36. The summed E-state index contributed by atoms with van der Waals surface area (Å²) in [5.41, 5.74) is 14.2. The summed E-state index contributed by atoms with van der Waals surface area (Å²) in [6.07, 6.45) is 0. The number of hydrogen-bond acceptors (Lipinski definition) is 2. The molecule has 0 bridgehead atoms. The summed E-state index contributed by atoms with van der Waals surface area (Å²) < 4.78 is 5.09. The molecule has 0 amide bonds. The van der Waals surface area contributed by atoms with Crippen LogP contribution in [-0.4, -0.2) is 4.57 Å². The van der Waals surface area contributed by atoms with Crippen molar-refractivity contribution in [3.8, 4) is 39.1 Å². The maximum atomic E-state index is 2.46. The second-order valence-corrected chi connectivity index (χ2v) is 18.0. The fourth-order valence-corrected chi connectivity index (χ4v) is 11.2. The van der Waals surface area contributed by atoms with Gasteiger partial charge in [0, 0.05) is 59.1 Å². The second-order valence-electron chi connectivity index (χ2n) is 16.9. The minimum Gasteiger partial charge on any atom is -0.310 e. The molecule has 65 heavy (non-hydrogen) atoms. The van der Waals surface area contributed by atoms with E-state index >= 15 is 0 Å². The van der Waals surface area contributed by atoms with Crippen LogP contribution in [0.25, 0.3) is 103 Å². The van der Waals surface area contributed by atoms with Gasteiger partial charge in [-0.05, 0) is 122 Å². The quantitative estimate of drug-likeness (QED) is 0.155. The van der Waals surface area contributed by atoms with E-state index in [9.17, 15) is 0 Å². The molecule has 0 N–H and O–H groups in total. The summed E-state index contributed by atoms with van der Waals surface area (Å²) in [6, 6.07) is 88.7. The minimum absolute atomic E-state index is 1.11. The number of para-hydroxylation sites is 2. The Balaban J connectivity index is 0.880. The first kappa shape index (κ1) is 37.3. The molecule has 0 saturated heterocycles. The lowest BCUT2D eigenvalue weighted by Crippen LogP contribution is -2.09. The van der Waals surface area contributed by atoms with Crippen molar-refractivity contribution >= 4 is 91.9 Å². The molecule has 2 aromatic heterocycles. The number of nitrogens with zero attached hydrogens (tertiary/aromatic N) is 2. The maximum Gasteiger partial charge on any atom is 0.0633 e. The molecule has 0 atom stereocenters. The number of benzene rings is 11. The van der Waals surface area contributed by atoms with Crippen LogP contribution in [0.3, 0.4) is 0 Å². The maximum absolute atomic E-state index is 2.46. The van der Waals surface area contributed by atoms with Crippen LogP contribution in [0.1, 0.15) is 0 Å². The van der Waals surface area contributed by atoms with Crippen LogP contribution < -0.4 is 4.90 Å². The van der Waals surface area contributed by atoms with Crippen LogP contribution in [0.2, 0.25) is 0 Å². The third-order valence-corrected chi connectivity index (χ3v) is 14.3. The minimum atomic E-state index is 1.11. The van der Waals surface area contributed by atoms with Gasteiger partial charge in [-0.1, -0.05) is 170 Å². The number of fused-ring (bicyclic) bond motifs is 10. The highest BCUT2D eigenvalue weighted by atomic mass is 32.1. The Hall–Kier alpha value is -8.24. The first-order valence-electron chi connectivity index (χ1n) is 22.2. The van der Waals surface area contributed by atoms with E-state index in [1.54, 1.807) is 0 Å². The average molecular weight is 845 g/mol. The lowest BCUT2D eigenvalue weighted by atomic mass is 9.97. The topological polar surface area (TPSA) is 8.17 Å². The first-order valence-corrected chi connectivity index (χ1v) is 23.1. The van der Waals surface area contributed by atoms with Crippen molar-refractivity contribution < 1.29 is 0 Å². The molecule has 0 aliphatic heterocycles. The molecule has 0 radical (unpaired) electrons. The Kier molecular flexibility index (Phi) is 8.75. The highest BCUT2D eigenvalue weighted by Gasteiger charge is 2.19. The van der Waals surface area contributed by atoms with E-state index in [1.807, 2.05) is 11.3 Å². The Labute approximate surface area is 381 Å². The molecule has 11 aromatic carbocycles. The van der Waals surface area contributed by atoms with Crippen molar-refractivity contribution in [2.24, 2.45) is 0 Å². The van der Waals surface area contributed by atoms with Crippen LogP contribution in [0.15, 0.2) is 243 Å². The van der Waals surface area contributed by atoms with Gasteiger partial charge in [0.15, 0.2) is 0 Å². The lowest BCUT2D eigenvalue weighted by molar-refractivity contribution is 1.19. The summed E-state index contributed by atoms with van der Waals surface area (Å²) in [5.74, 6) is 0. The van der Waals surface area contributed by atoms with Gasteiger partial charge in [0.2, 0.25) is 0 Å². The third kappa shape index (κ3) is 6.31. The lowest BCUT2D eigenvalue weighted by Gasteiger charge is -2.26. The van der Waals surface area contributed by atoms with Gasteiger partial charge < -0.3 is 9.47 Å². The molecule has 0 aliphatic rings. The van der Waals surface area contributed by atoms with Gasteiger partial charge in [0.05, 0.1) is 11.0 Å². The highest BCUT2D eigenvalue weighted by Crippen LogP contribution is 2.45. The monoisotopic (exact) mass is 844 g/mol. The largest absolute Gasteiger partial charge is 0.310 e. The second kappa shape index (κ2) is 15.2. The van der Waals surface area contributed by atoms with Crippen molar-refractivity contribution in [3.63, 3.8) is 0 Å². The number of thiophene rings is 1. The van der Waals surface area contributed by atoms with Crippen LogP contribution in [-0.2, 0) is 0 Å². The Morgan fingerprint density at radius 3 is 1.65 bits per heavy atom. The fraction of sp³-hybridized carbons (Fsp3) is 0. The van der Waals surface area contributed by atoms with Gasteiger partial charge in [0.1, 0.15) is 0 Å². The van der Waals surface area contributed by atoms with Gasteiger partial charge in [-0.25, -0.2) is 0 Å². The Bertz CT molecular complexity index is 3920. The molecule has 0 saturated carbocycles. The molecule has 13 rings (SSSR count). The Morgan fingerprint density at radius 1 is 0.323 bits per heavy atom. The fourth-order valence-electron chi connectivity index (χ4n) is 9.99. The van der Waals surface area contributed by atoms with E-state index in [0.29, 0.717) is 0 Å². The van der Waals surface area contributed by atoms with Gasteiger partial charge in [0.25, 0.3) is 0 Å². The Morgan fingerprint density at radius 2 is 0.877 bits per heavy atom. The van der Waals surface area contributed by atoms with Crippen LogP contribution in [0.5, 0.6) is 0 Å². The number of hydrogen-bond donors (Lipinski definition) is 0. The molecule has 304 valence electrons. The first-order chi connectivity index (χ1) is 32.2. The van der Waals surface area contributed by atoms with E-state index in [4.69, 9.17) is 0 Å². The third-order valence-electron chi connectivity index (χ3n) is 13.1. The van der Waals surface area contributed by atoms with E-state index in [0.717, 1.165) is 17.1 Å². The molecular weight excluding hydrogens is 805 g/mol. The molecule has 13 aromatic rings.